The number of ether oxygens (including phenoxy) is 1. The maximum Gasteiger partial charge on any atom is 0.274 e. The van der Waals surface area contributed by atoms with Gasteiger partial charge in [-0.1, -0.05) is 31.9 Å². The summed E-state index contributed by atoms with van der Waals surface area (Å²) in [4.78, 5) is 17.5. The Balaban J connectivity index is 0.00000228. The molecule has 200 valence electrons. The average Bonchev–Trinajstić information content (AvgIpc) is 2.88. The zero-order valence-corrected chi connectivity index (χ0v) is 23.6. The number of aryl methyl sites for hydroxylation is 1. The van der Waals surface area contributed by atoms with Crippen molar-refractivity contribution in [3.63, 3.8) is 0 Å². The summed E-state index contributed by atoms with van der Waals surface area (Å²) >= 11 is 0. The first-order valence-electron chi connectivity index (χ1n) is 13.1. The number of likely N-dealkylation sites (tertiary alicyclic amines) is 1. The van der Waals surface area contributed by atoms with E-state index in [1.807, 2.05) is 18.0 Å². The summed E-state index contributed by atoms with van der Waals surface area (Å²) in [7, 11) is 4.04. The normalized spacial score (nSPS) is 17.1. The van der Waals surface area contributed by atoms with E-state index in [4.69, 9.17) is 4.74 Å². The van der Waals surface area contributed by atoms with Gasteiger partial charge in [0.25, 0.3) is 5.91 Å². The smallest absolute Gasteiger partial charge is 0.274 e. The third-order valence-corrected chi connectivity index (χ3v) is 7.43. The predicted octanol–water partition coefficient (Wildman–Crippen LogP) is 6.21. The fourth-order valence-corrected chi connectivity index (χ4v) is 5.12. The number of piperidine rings is 1. The maximum atomic E-state index is 13.3. The van der Waals surface area contributed by atoms with Gasteiger partial charge in [0.1, 0.15) is 5.75 Å². The van der Waals surface area contributed by atoms with Crippen molar-refractivity contribution in [1.82, 2.24) is 20.0 Å². The van der Waals surface area contributed by atoms with Crippen LogP contribution in [0.25, 0.3) is 11.1 Å². The summed E-state index contributed by atoms with van der Waals surface area (Å²) in [5.74, 6) is 0.883. The fourth-order valence-electron chi connectivity index (χ4n) is 5.12. The van der Waals surface area contributed by atoms with Crippen molar-refractivity contribution in [2.45, 2.75) is 83.3 Å². The molecular formula is C28H42Cl2N4O2. The van der Waals surface area contributed by atoms with E-state index in [0.717, 1.165) is 80.6 Å². The van der Waals surface area contributed by atoms with Crippen LogP contribution in [0.4, 0.5) is 0 Å². The Morgan fingerprint density at radius 3 is 2.33 bits per heavy atom. The van der Waals surface area contributed by atoms with Crippen LogP contribution >= 0.6 is 24.8 Å². The largest absolute Gasteiger partial charge is 0.490 e. The number of amides is 1. The Hall–Kier alpha value is -1.89. The van der Waals surface area contributed by atoms with Crippen molar-refractivity contribution in [2.75, 3.05) is 27.2 Å². The molecule has 0 atom stereocenters. The van der Waals surface area contributed by atoms with Crippen LogP contribution < -0.4 is 4.74 Å². The number of rotatable bonds is 8. The van der Waals surface area contributed by atoms with E-state index in [1.54, 1.807) is 0 Å². The summed E-state index contributed by atoms with van der Waals surface area (Å²) in [6.07, 6.45) is 11.5. The van der Waals surface area contributed by atoms with Crippen LogP contribution in [0.5, 0.6) is 5.75 Å². The van der Waals surface area contributed by atoms with Gasteiger partial charge in [0.15, 0.2) is 5.69 Å². The van der Waals surface area contributed by atoms with Gasteiger partial charge >= 0.3 is 0 Å². The van der Waals surface area contributed by atoms with Gasteiger partial charge in [-0.25, -0.2) is 0 Å². The Labute approximate surface area is 229 Å². The molecule has 8 heteroatoms. The van der Waals surface area contributed by atoms with Gasteiger partial charge in [-0.3, -0.25) is 4.79 Å². The van der Waals surface area contributed by atoms with E-state index in [1.165, 1.54) is 19.3 Å². The fraction of sp³-hybridized carbons (Fsp3) is 0.607. The summed E-state index contributed by atoms with van der Waals surface area (Å²) in [6, 6.07) is 10.5. The lowest BCUT2D eigenvalue weighted by molar-refractivity contribution is 0.0652. The van der Waals surface area contributed by atoms with Crippen molar-refractivity contribution in [1.29, 1.82) is 0 Å². The van der Waals surface area contributed by atoms with Crippen LogP contribution in [-0.2, 0) is 6.42 Å². The molecule has 2 fully saturated rings. The van der Waals surface area contributed by atoms with Gasteiger partial charge < -0.3 is 14.5 Å². The Morgan fingerprint density at radius 1 is 1.03 bits per heavy atom. The van der Waals surface area contributed by atoms with Gasteiger partial charge in [0.2, 0.25) is 0 Å². The molecule has 2 aromatic rings. The van der Waals surface area contributed by atoms with Crippen LogP contribution in [0.1, 0.15) is 80.9 Å². The second kappa shape index (κ2) is 14.7. The molecule has 0 bridgehead atoms. The molecule has 0 N–H and O–H groups in total. The number of benzene rings is 1. The summed E-state index contributed by atoms with van der Waals surface area (Å²) in [6.45, 7) is 4.22. The Kier molecular flexibility index (Phi) is 12.4. The predicted molar refractivity (Wildman–Crippen MR) is 151 cm³/mol. The summed E-state index contributed by atoms with van der Waals surface area (Å²) in [5.41, 5.74) is 3.46. The van der Waals surface area contributed by atoms with Crippen LogP contribution in [0.15, 0.2) is 30.3 Å². The summed E-state index contributed by atoms with van der Waals surface area (Å²) < 4.78 is 6.22. The van der Waals surface area contributed by atoms with E-state index >= 15 is 0 Å². The van der Waals surface area contributed by atoms with Gasteiger partial charge in [-0.15, -0.1) is 29.9 Å². The molecule has 1 aliphatic carbocycles. The number of carbonyl (C=O) groups excluding carboxylic acids is 1. The third-order valence-electron chi connectivity index (χ3n) is 7.43. The topological polar surface area (TPSA) is 58.6 Å². The maximum absolute atomic E-state index is 13.3. The van der Waals surface area contributed by atoms with Gasteiger partial charge in [0, 0.05) is 18.7 Å². The lowest BCUT2D eigenvalue weighted by Gasteiger charge is -2.34. The second-order valence-corrected chi connectivity index (χ2v) is 10.0. The van der Waals surface area contributed by atoms with Crippen LogP contribution in [0, 0.1) is 0 Å². The number of hydrogen-bond donors (Lipinski definition) is 0. The molecule has 0 unspecified atom stereocenters. The summed E-state index contributed by atoms with van der Waals surface area (Å²) in [5, 5.41) is 8.90. The van der Waals surface area contributed by atoms with E-state index in [-0.39, 0.29) is 36.8 Å². The molecule has 2 aliphatic rings. The van der Waals surface area contributed by atoms with E-state index in [0.29, 0.717) is 11.8 Å². The third kappa shape index (κ3) is 7.80. The zero-order chi connectivity index (χ0) is 23.9. The molecule has 1 aromatic carbocycles. The minimum atomic E-state index is -0.0393. The molecule has 0 spiro atoms. The molecule has 4 rings (SSSR count). The number of halogens is 2. The lowest BCUT2D eigenvalue weighted by atomic mass is 9.97. The Morgan fingerprint density at radius 2 is 1.69 bits per heavy atom. The Bertz CT molecular complexity index is 943. The number of unbranched alkanes of at least 4 members (excludes halogenated alkanes) is 1. The highest BCUT2D eigenvalue weighted by molar-refractivity contribution is 5.93. The standard InChI is InChI=1S/C28H40N4O2.2ClH/c1-4-5-11-26-25(21-12-14-24(15-13-21)34-23-9-7-6-8-10-23)20-27(30-29-26)28(33)32(3)22-16-18-31(2)19-17-22;;/h12-15,20,22-23H,4-11,16-19H2,1-3H3;2*1H. The van der Waals surface area contributed by atoms with Crippen molar-refractivity contribution in [3.05, 3.63) is 41.7 Å². The average molecular weight is 538 g/mol. The zero-order valence-electron chi connectivity index (χ0n) is 21.9. The lowest BCUT2D eigenvalue weighted by Crippen LogP contribution is -2.44. The highest BCUT2D eigenvalue weighted by Gasteiger charge is 2.26. The van der Waals surface area contributed by atoms with Gasteiger partial charge in [-0.2, -0.15) is 5.10 Å². The highest BCUT2D eigenvalue weighted by Crippen LogP contribution is 2.29. The second-order valence-electron chi connectivity index (χ2n) is 10.0. The van der Waals surface area contributed by atoms with Crippen LogP contribution in [0.3, 0.4) is 0 Å². The first-order valence-corrected chi connectivity index (χ1v) is 13.1. The molecule has 1 aliphatic heterocycles. The first-order chi connectivity index (χ1) is 16.5. The van der Waals surface area contributed by atoms with Crippen molar-refractivity contribution in [2.24, 2.45) is 0 Å². The van der Waals surface area contributed by atoms with E-state index in [2.05, 4.69) is 53.3 Å². The minimum Gasteiger partial charge on any atom is -0.490 e. The molecule has 1 amide bonds. The highest BCUT2D eigenvalue weighted by atomic mass is 35.5. The number of carbonyl (C=O) groups is 1. The van der Waals surface area contributed by atoms with Crippen LogP contribution in [0.2, 0.25) is 0 Å². The van der Waals surface area contributed by atoms with E-state index in [9.17, 15) is 4.79 Å². The van der Waals surface area contributed by atoms with Gasteiger partial charge in [-0.05, 0) is 95.3 Å². The molecule has 6 nitrogen and oxygen atoms in total. The minimum absolute atomic E-state index is 0. The number of hydrogen-bond acceptors (Lipinski definition) is 5. The van der Waals surface area contributed by atoms with Gasteiger partial charge in [0.05, 0.1) is 11.8 Å². The number of aromatic nitrogens is 2. The molecular weight excluding hydrogens is 495 g/mol. The monoisotopic (exact) mass is 536 g/mol. The molecule has 36 heavy (non-hydrogen) atoms. The SMILES string of the molecule is CCCCc1nnc(C(=O)N(C)C2CCN(C)CC2)cc1-c1ccc(OC2CCCCC2)cc1.Cl.Cl. The van der Waals surface area contributed by atoms with Crippen molar-refractivity contribution in [3.8, 4) is 16.9 Å². The molecule has 2 heterocycles. The van der Waals surface area contributed by atoms with Crippen molar-refractivity contribution >= 4 is 30.7 Å². The van der Waals surface area contributed by atoms with Crippen LogP contribution in [-0.4, -0.2) is 65.2 Å². The number of nitrogens with zero attached hydrogens (tertiary/aromatic N) is 4. The quantitative estimate of drug-likeness (QED) is 0.401. The first kappa shape index (κ1) is 30.3. The van der Waals surface area contributed by atoms with E-state index < -0.39 is 0 Å². The molecule has 0 radical (unpaired) electrons. The van der Waals surface area contributed by atoms with Crippen molar-refractivity contribution < 1.29 is 9.53 Å². The molecule has 1 saturated heterocycles. The molecule has 1 saturated carbocycles. The molecule has 1 aromatic heterocycles.